The van der Waals surface area contributed by atoms with Gasteiger partial charge in [0.1, 0.15) is 0 Å². The van der Waals surface area contributed by atoms with Gasteiger partial charge in [-0.15, -0.1) is 11.3 Å². The Hall–Kier alpha value is -1.23. The number of aliphatic hydroxyl groups is 1. The van der Waals surface area contributed by atoms with Crippen molar-refractivity contribution in [2.24, 2.45) is 0 Å². The fourth-order valence-corrected chi connectivity index (χ4v) is 2.91. The third-order valence-corrected chi connectivity index (χ3v) is 4.45. The summed E-state index contributed by atoms with van der Waals surface area (Å²) in [5.41, 5.74) is 3.16. The van der Waals surface area contributed by atoms with Gasteiger partial charge in [0.2, 0.25) is 0 Å². The molecule has 3 nitrogen and oxygen atoms in total. The molecule has 1 unspecified atom stereocenters. The molecule has 0 fully saturated rings. The Morgan fingerprint density at radius 2 is 2.05 bits per heavy atom. The van der Waals surface area contributed by atoms with Gasteiger partial charge in [-0.1, -0.05) is 38.1 Å². The maximum atomic E-state index is 10.2. The van der Waals surface area contributed by atoms with Crippen LogP contribution in [0.15, 0.2) is 29.6 Å². The second kappa shape index (κ2) is 6.97. The Morgan fingerprint density at radius 1 is 1.30 bits per heavy atom. The van der Waals surface area contributed by atoms with Crippen LogP contribution in [0.25, 0.3) is 0 Å². The summed E-state index contributed by atoms with van der Waals surface area (Å²) < 4.78 is 0. The number of benzene rings is 1. The molecule has 1 aromatic heterocycles. The van der Waals surface area contributed by atoms with Gasteiger partial charge in [0.25, 0.3) is 0 Å². The van der Waals surface area contributed by atoms with Crippen molar-refractivity contribution in [2.75, 3.05) is 6.54 Å². The SMILES string of the molecule is Cc1ccccc1C(O)CNCc1csc(C(C)C)n1. The fraction of sp³-hybridized carbons (Fsp3) is 0.438. The normalized spacial score (nSPS) is 12.8. The molecule has 108 valence electrons. The van der Waals surface area contributed by atoms with E-state index in [9.17, 15) is 5.11 Å². The maximum absolute atomic E-state index is 10.2. The number of nitrogens with zero attached hydrogens (tertiary/aromatic N) is 1. The van der Waals surface area contributed by atoms with Crippen LogP contribution in [0.5, 0.6) is 0 Å². The van der Waals surface area contributed by atoms with Crippen LogP contribution < -0.4 is 5.32 Å². The lowest BCUT2D eigenvalue weighted by molar-refractivity contribution is 0.173. The van der Waals surface area contributed by atoms with Crippen LogP contribution in [0.3, 0.4) is 0 Å². The average molecular weight is 290 g/mol. The van der Waals surface area contributed by atoms with Gasteiger partial charge in [0.05, 0.1) is 16.8 Å². The molecule has 2 aromatic rings. The number of thiazole rings is 1. The van der Waals surface area contributed by atoms with Crippen LogP contribution in [0.1, 0.15) is 47.7 Å². The topological polar surface area (TPSA) is 45.1 Å². The zero-order chi connectivity index (χ0) is 14.5. The molecule has 0 aliphatic carbocycles. The number of nitrogens with one attached hydrogen (secondary N) is 1. The standard InChI is InChI=1S/C16H22N2OS/c1-11(2)16-18-13(10-20-16)8-17-9-15(19)14-7-5-4-6-12(14)3/h4-7,10-11,15,17,19H,8-9H2,1-3H3. The molecule has 1 atom stereocenters. The zero-order valence-corrected chi connectivity index (χ0v) is 13.1. The Kier molecular flexibility index (Phi) is 5.29. The van der Waals surface area contributed by atoms with Gasteiger partial charge < -0.3 is 10.4 Å². The number of hydrogen-bond donors (Lipinski definition) is 2. The molecule has 0 amide bonds. The van der Waals surface area contributed by atoms with Crippen molar-refractivity contribution in [1.82, 2.24) is 10.3 Å². The average Bonchev–Trinajstić information content (AvgIpc) is 2.88. The minimum absolute atomic E-state index is 0.473. The first kappa shape index (κ1) is 15.2. The number of rotatable bonds is 6. The molecule has 0 saturated carbocycles. The minimum atomic E-state index is -0.473. The second-order valence-electron chi connectivity index (χ2n) is 5.34. The molecule has 2 rings (SSSR count). The highest BCUT2D eigenvalue weighted by Crippen LogP contribution is 2.19. The molecule has 0 radical (unpaired) electrons. The number of aromatic nitrogens is 1. The molecular weight excluding hydrogens is 268 g/mol. The van der Waals surface area contributed by atoms with E-state index < -0.39 is 6.10 Å². The molecule has 20 heavy (non-hydrogen) atoms. The van der Waals surface area contributed by atoms with Gasteiger partial charge in [0.15, 0.2) is 0 Å². The van der Waals surface area contributed by atoms with Crippen LogP contribution in [-0.2, 0) is 6.54 Å². The van der Waals surface area contributed by atoms with Gasteiger partial charge in [-0.25, -0.2) is 4.98 Å². The predicted octanol–water partition coefficient (Wildman–Crippen LogP) is 3.40. The van der Waals surface area contributed by atoms with Gasteiger partial charge in [-0.05, 0) is 18.1 Å². The highest BCUT2D eigenvalue weighted by atomic mass is 32.1. The van der Waals surface area contributed by atoms with E-state index in [0.717, 1.165) is 16.8 Å². The van der Waals surface area contributed by atoms with Gasteiger partial charge >= 0.3 is 0 Å². The van der Waals surface area contributed by atoms with Gasteiger partial charge in [-0.2, -0.15) is 0 Å². The quantitative estimate of drug-likeness (QED) is 0.857. The summed E-state index contributed by atoms with van der Waals surface area (Å²) in [4.78, 5) is 4.57. The van der Waals surface area contributed by atoms with E-state index in [1.54, 1.807) is 11.3 Å². The summed E-state index contributed by atoms with van der Waals surface area (Å²) in [6.07, 6.45) is -0.473. The highest BCUT2D eigenvalue weighted by Gasteiger charge is 2.10. The zero-order valence-electron chi connectivity index (χ0n) is 12.3. The van der Waals surface area contributed by atoms with Gasteiger partial charge in [0, 0.05) is 24.4 Å². The first-order chi connectivity index (χ1) is 9.58. The molecule has 2 N–H and O–H groups in total. The van der Waals surface area contributed by atoms with E-state index in [2.05, 4.69) is 29.5 Å². The highest BCUT2D eigenvalue weighted by molar-refractivity contribution is 7.09. The van der Waals surface area contributed by atoms with Crippen LogP contribution in [-0.4, -0.2) is 16.6 Å². The largest absolute Gasteiger partial charge is 0.387 e. The fourth-order valence-electron chi connectivity index (χ4n) is 2.08. The van der Waals surface area contributed by atoms with Crippen LogP contribution in [0.2, 0.25) is 0 Å². The molecule has 0 aliphatic rings. The molecular formula is C16H22N2OS. The van der Waals surface area contributed by atoms with Crippen LogP contribution in [0, 0.1) is 6.92 Å². The molecule has 4 heteroatoms. The van der Waals surface area contributed by atoms with E-state index in [4.69, 9.17) is 0 Å². The first-order valence-corrected chi connectivity index (χ1v) is 7.84. The van der Waals surface area contributed by atoms with E-state index >= 15 is 0 Å². The third-order valence-electron chi connectivity index (χ3n) is 3.25. The predicted molar refractivity (Wildman–Crippen MR) is 84.0 cm³/mol. The second-order valence-corrected chi connectivity index (χ2v) is 6.22. The van der Waals surface area contributed by atoms with Crippen molar-refractivity contribution >= 4 is 11.3 Å². The minimum Gasteiger partial charge on any atom is -0.387 e. The molecule has 1 aromatic carbocycles. The Balaban J connectivity index is 1.85. The smallest absolute Gasteiger partial charge is 0.0954 e. The molecule has 0 saturated heterocycles. The Morgan fingerprint density at radius 3 is 2.70 bits per heavy atom. The van der Waals surface area contributed by atoms with E-state index in [0.29, 0.717) is 19.0 Å². The summed E-state index contributed by atoms with van der Waals surface area (Å²) in [7, 11) is 0. The lowest BCUT2D eigenvalue weighted by Gasteiger charge is -2.14. The lowest BCUT2D eigenvalue weighted by Crippen LogP contribution is -2.21. The Labute approximate surface area is 124 Å². The summed E-state index contributed by atoms with van der Waals surface area (Å²) in [5, 5.41) is 16.7. The number of hydrogen-bond acceptors (Lipinski definition) is 4. The van der Waals surface area contributed by atoms with Crippen molar-refractivity contribution < 1.29 is 5.11 Å². The van der Waals surface area contributed by atoms with Crippen molar-refractivity contribution in [3.05, 3.63) is 51.5 Å². The molecule has 0 bridgehead atoms. The van der Waals surface area contributed by atoms with Crippen LogP contribution >= 0.6 is 11.3 Å². The summed E-state index contributed by atoms with van der Waals surface area (Å²) in [5.74, 6) is 0.478. The van der Waals surface area contributed by atoms with Crippen molar-refractivity contribution in [1.29, 1.82) is 0 Å². The van der Waals surface area contributed by atoms with E-state index in [1.807, 2.05) is 31.2 Å². The van der Waals surface area contributed by atoms with Crippen molar-refractivity contribution in [2.45, 2.75) is 39.3 Å². The number of aliphatic hydroxyl groups excluding tert-OH is 1. The van der Waals surface area contributed by atoms with E-state index in [1.165, 1.54) is 5.01 Å². The lowest BCUT2D eigenvalue weighted by atomic mass is 10.0. The number of aryl methyl sites for hydroxylation is 1. The van der Waals surface area contributed by atoms with Gasteiger partial charge in [-0.3, -0.25) is 0 Å². The molecule has 0 aliphatic heterocycles. The maximum Gasteiger partial charge on any atom is 0.0954 e. The van der Waals surface area contributed by atoms with Crippen molar-refractivity contribution in [3.63, 3.8) is 0 Å². The van der Waals surface area contributed by atoms with Crippen molar-refractivity contribution in [3.8, 4) is 0 Å². The van der Waals surface area contributed by atoms with E-state index in [-0.39, 0.29) is 0 Å². The Bertz CT molecular complexity index is 551. The molecule has 0 spiro atoms. The summed E-state index contributed by atoms with van der Waals surface area (Å²) in [6.45, 7) is 7.56. The summed E-state index contributed by atoms with van der Waals surface area (Å²) >= 11 is 1.70. The first-order valence-electron chi connectivity index (χ1n) is 6.96. The van der Waals surface area contributed by atoms with Crippen LogP contribution in [0.4, 0.5) is 0 Å². The summed E-state index contributed by atoms with van der Waals surface area (Å²) in [6, 6.07) is 7.94. The third kappa shape index (κ3) is 3.88. The molecule has 1 heterocycles. The monoisotopic (exact) mass is 290 g/mol.